The Morgan fingerprint density at radius 1 is 0.862 bits per heavy atom. The van der Waals surface area contributed by atoms with Crippen molar-refractivity contribution in [2.75, 3.05) is 0 Å². The number of nitro groups is 2. The van der Waals surface area contributed by atoms with Gasteiger partial charge in [-0.05, 0) is 50.9 Å². The van der Waals surface area contributed by atoms with Crippen molar-refractivity contribution in [1.82, 2.24) is 0 Å². The number of non-ortho nitro benzene ring substituents is 1. The maximum Gasteiger partial charge on any atom is 0.494 e. The van der Waals surface area contributed by atoms with E-state index in [1.165, 1.54) is 12.1 Å². The van der Waals surface area contributed by atoms with Crippen LogP contribution in [0.1, 0.15) is 38.8 Å². The van der Waals surface area contributed by atoms with Gasteiger partial charge in [0.1, 0.15) is 0 Å². The second-order valence-electron chi connectivity index (χ2n) is 7.85. The number of rotatable bonds is 5. The van der Waals surface area contributed by atoms with Crippen molar-refractivity contribution in [2.24, 2.45) is 0 Å². The van der Waals surface area contributed by atoms with Gasteiger partial charge in [-0.25, -0.2) is 0 Å². The molecular weight excluding hydrogens is 375 g/mol. The minimum Gasteiger partial charge on any atom is -0.399 e. The summed E-state index contributed by atoms with van der Waals surface area (Å²) in [5, 5.41) is 22.1. The van der Waals surface area contributed by atoms with Crippen LogP contribution in [0, 0.1) is 20.2 Å². The lowest BCUT2D eigenvalue weighted by Crippen LogP contribution is -2.41. The summed E-state index contributed by atoms with van der Waals surface area (Å²) in [5.41, 5.74) is 0.497. The minimum atomic E-state index is -0.658. The monoisotopic (exact) mass is 396 g/mol. The molecule has 1 saturated heterocycles. The van der Waals surface area contributed by atoms with E-state index in [2.05, 4.69) is 0 Å². The molecule has 0 spiro atoms. The molecule has 29 heavy (non-hydrogen) atoms. The first-order chi connectivity index (χ1) is 13.5. The molecule has 8 nitrogen and oxygen atoms in total. The fraction of sp³-hybridized carbons (Fsp3) is 0.300. The van der Waals surface area contributed by atoms with Crippen LogP contribution in [-0.4, -0.2) is 28.2 Å². The summed E-state index contributed by atoms with van der Waals surface area (Å²) >= 11 is 0. The third kappa shape index (κ3) is 4.20. The van der Waals surface area contributed by atoms with E-state index in [1.807, 2.05) is 52.0 Å². The maximum atomic E-state index is 11.2. The van der Waals surface area contributed by atoms with Crippen LogP contribution in [0.5, 0.6) is 0 Å². The highest BCUT2D eigenvalue weighted by Gasteiger charge is 2.51. The number of nitrogens with zero attached hydrogens (tertiary/aromatic N) is 2. The predicted molar refractivity (Wildman–Crippen MR) is 111 cm³/mol. The van der Waals surface area contributed by atoms with Crippen LogP contribution in [0.2, 0.25) is 0 Å². The number of hydrogen-bond donors (Lipinski definition) is 0. The molecule has 0 unspecified atom stereocenters. The normalized spacial score (nSPS) is 17.6. The van der Waals surface area contributed by atoms with Crippen LogP contribution in [0.3, 0.4) is 0 Å². The van der Waals surface area contributed by atoms with Gasteiger partial charge in [-0.1, -0.05) is 30.3 Å². The van der Waals surface area contributed by atoms with Gasteiger partial charge in [-0.2, -0.15) is 0 Å². The van der Waals surface area contributed by atoms with E-state index < -0.39 is 28.2 Å². The quantitative estimate of drug-likeness (QED) is 0.328. The average molecular weight is 396 g/mol. The van der Waals surface area contributed by atoms with E-state index in [1.54, 1.807) is 12.2 Å². The van der Waals surface area contributed by atoms with Gasteiger partial charge in [0.15, 0.2) is 0 Å². The topological polar surface area (TPSA) is 105 Å². The molecule has 1 aliphatic heterocycles. The van der Waals surface area contributed by atoms with Crippen molar-refractivity contribution in [1.29, 1.82) is 0 Å². The molecule has 150 valence electrons. The van der Waals surface area contributed by atoms with Gasteiger partial charge in [0.05, 0.1) is 32.7 Å². The second-order valence-corrected chi connectivity index (χ2v) is 7.85. The molecule has 0 N–H and O–H groups in total. The molecule has 2 aromatic rings. The number of hydrogen-bond acceptors (Lipinski definition) is 6. The molecule has 1 aliphatic rings. The van der Waals surface area contributed by atoms with Gasteiger partial charge in [0, 0.05) is 6.07 Å². The van der Waals surface area contributed by atoms with E-state index in [0.29, 0.717) is 0 Å². The lowest BCUT2D eigenvalue weighted by molar-refractivity contribution is -0.394. The van der Waals surface area contributed by atoms with Crippen LogP contribution < -0.4 is 5.46 Å². The summed E-state index contributed by atoms with van der Waals surface area (Å²) in [6.07, 6.45) is 3.27. The molecule has 1 heterocycles. The maximum absolute atomic E-state index is 11.2. The molecule has 0 radical (unpaired) electrons. The van der Waals surface area contributed by atoms with E-state index >= 15 is 0 Å². The predicted octanol–water partition coefficient (Wildman–Crippen LogP) is 3.97. The van der Waals surface area contributed by atoms with E-state index in [0.717, 1.165) is 17.1 Å². The summed E-state index contributed by atoms with van der Waals surface area (Å²) in [7, 11) is -0.464. The Kier molecular flexibility index (Phi) is 5.29. The van der Waals surface area contributed by atoms with Crippen LogP contribution in [0.15, 0.2) is 42.5 Å². The van der Waals surface area contributed by atoms with Gasteiger partial charge in [-0.15, -0.1) is 0 Å². The smallest absolute Gasteiger partial charge is 0.399 e. The Hall–Kier alpha value is -3.04. The van der Waals surface area contributed by atoms with E-state index in [9.17, 15) is 20.2 Å². The van der Waals surface area contributed by atoms with E-state index in [-0.39, 0.29) is 16.9 Å². The van der Waals surface area contributed by atoms with Crippen molar-refractivity contribution in [3.8, 4) is 0 Å². The van der Waals surface area contributed by atoms with Crippen LogP contribution in [-0.2, 0) is 9.31 Å². The van der Waals surface area contributed by atoms with E-state index in [4.69, 9.17) is 9.31 Å². The van der Waals surface area contributed by atoms with Crippen molar-refractivity contribution in [2.45, 2.75) is 38.9 Å². The highest BCUT2D eigenvalue weighted by Crippen LogP contribution is 2.36. The molecule has 0 bridgehead atoms. The fourth-order valence-corrected chi connectivity index (χ4v) is 2.87. The van der Waals surface area contributed by atoms with Gasteiger partial charge in [-0.3, -0.25) is 20.2 Å². The molecule has 0 saturated carbocycles. The average Bonchev–Trinajstić information content (AvgIpc) is 2.87. The molecule has 2 aromatic carbocycles. The Bertz CT molecular complexity index is 969. The molecule has 0 aliphatic carbocycles. The zero-order valence-corrected chi connectivity index (χ0v) is 16.6. The third-order valence-corrected chi connectivity index (χ3v) is 5.34. The van der Waals surface area contributed by atoms with Gasteiger partial charge in [0.25, 0.3) is 11.4 Å². The lowest BCUT2D eigenvalue weighted by atomic mass is 9.79. The van der Waals surface area contributed by atoms with Crippen molar-refractivity contribution >= 4 is 36.1 Å². The van der Waals surface area contributed by atoms with Gasteiger partial charge < -0.3 is 9.31 Å². The first-order valence-electron chi connectivity index (χ1n) is 9.07. The largest absolute Gasteiger partial charge is 0.494 e. The Morgan fingerprint density at radius 2 is 1.45 bits per heavy atom. The summed E-state index contributed by atoms with van der Waals surface area (Å²) in [6, 6.07) is 11.0. The zero-order valence-electron chi connectivity index (χ0n) is 16.6. The number of nitro benzene ring substituents is 2. The minimum absolute atomic E-state index is 0.288. The fourth-order valence-electron chi connectivity index (χ4n) is 2.87. The Morgan fingerprint density at radius 3 is 1.97 bits per heavy atom. The Labute approximate surface area is 168 Å². The van der Waals surface area contributed by atoms with Crippen LogP contribution >= 0.6 is 0 Å². The Balaban J connectivity index is 1.79. The molecular formula is C20H21BN2O6. The van der Waals surface area contributed by atoms with Crippen molar-refractivity contribution < 1.29 is 19.2 Å². The van der Waals surface area contributed by atoms with Crippen molar-refractivity contribution in [3.05, 3.63) is 73.8 Å². The lowest BCUT2D eigenvalue weighted by Gasteiger charge is -2.32. The molecule has 0 amide bonds. The number of benzene rings is 2. The third-order valence-electron chi connectivity index (χ3n) is 5.34. The van der Waals surface area contributed by atoms with Crippen LogP contribution in [0.4, 0.5) is 11.4 Å². The molecule has 1 fully saturated rings. The molecule has 3 rings (SSSR count). The first-order valence-corrected chi connectivity index (χ1v) is 9.07. The summed E-state index contributed by atoms with van der Waals surface area (Å²) in [5.74, 6) is 0. The zero-order chi connectivity index (χ0) is 21.4. The van der Waals surface area contributed by atoms with Crippen LogP contribution in [0.25, 0.3) is 12.2 Å². The SMILES string of the molecule is CC1(C)OB(c2ccc(/C=C/c3ccc([N+](=O)[O-])cc3[N+](=O)[O-])cc2)OC1(C)C. The van der Waals surface area contributed by atoms with Gasteiger partial charge >= 0.3 is 7.12 Å². The summed E-state index contributed by atoms with van der Waals surface area (Å²) < 4.78 is 12.0. The summed E-state index contributed by atoms with van der Waals surface area (Å²) in [6.45, 7) is 7.95. The summed E-state index contributed by atoms with van der Waals surface area (Å²) in [4.78, 5) is 20.8. The van der Waals surface area contributed by atoms with Crippen molar-refractivity contribution in [3.63, 3.8) is 0 Å². The highest BCUT2D eigenvalue weighted by atomic mass is 16.7. The molecule has 9 heteroatoms. The van der Waals surface area contributed by atoms with Gasteiger partial charge in [0.2, 0.25) is 0 Å². The standard InChI is InChI=1S/C20H21BN2O6/c1-19(2)20(3,4)29-21(28-19)16-10-6-14(7-11-16)5-8-15-9-12-17(22(24)25)13-18(15)23(26)27/h5-13H,1-4H3/b8-5+. The molecule has 0 atom stereocenters. The second kappa shape index (κ2) is 7.42. The highest BCUT2D eigenvalue weighted by molar-refractivity contribution is 6.62. The molecule has 0 aromatic heterocycles. The first kappa shape index (κ1) is 20.7.